The molecular weight excluding hydrogens is 400 g/mol. The zero-order chi connectivity index (χ0) is 20.1. The normalized spacial score (nSPS) is 11.5. The molecule has 144 valence electrons. The van der Waals surface area contributed by atoms with Crippen LogP contribution in [0.5, 0.6) is 5.75 Å². The maximum atomic E-state index is 12.3. The first-order valence-corrected chi connectivity index (χ1v) is 9.60. The minimum Gasteiger partial charge on any atom is -0.495 e. The summed E-state index contributed by atoms with van der Waals surface area (Å²) in [5, 5.41) is 5.33. The second kappa shape index (κ2) is 8.86. The second-order valence-corrected chi connectivity index (χ2v) is 7.06. The third kappa shape index (κ3) is 4.68. The molecular formula is C20H17ClN2O4S. The smallest absolute Gasteiger partial charge is 0.358 e. The molecule has 0 aliphatic rings. The van der Waals surface area contributed by atoms with Crippen molar-refractivity contribution in [2.75, 3.05) is 12.4 Å². The van der Waals surface area contributed by atoms with Gasteiger partial charge in [0.05, 0.1) is 12.1 Å². The van der Waals surface area contributed by atoms with Crippen LogP contribution in [0.15, 0.2) is 53.9 Å². The summed E-state index contributed by atoms with van der Waals surface area (Å²) in [5.74, 6) is -0.640. The molecule has 3 rings (SSSR count). The monoisotopic (exact) mass is 416 g/mol. The van der Waals surface area contributed by atoms with Gasteiger partial charge in [-0.25, -0.2) is 9.78 Å². The molecule has 8 heteroatoms. The van der Waals surface area contributed by atoms with Crippen LogP contribution in [-0.2, 0) is 9.53 Å². The molecule has 0 aliphatic carbocycles. The number of carbonyl (C=O) groups excluding carboxylic acids is 2. The van der Waals surface area contributed by atoms with Crippen LogP contribution < -0.4 is 10.1 Å². The number of hydrogen-bond donors (Lipinski definition) is 1. The van der Waals surface area contributed by atoms with Gasteiger partial charge in [-0.1, -0.05) is 41.9 Å². The van der Waals surface area contributed by atoms with E-state index in [0.29, 0.717) is 21.5 Å². The lowest BCUT2D eigenvalue weighted by molar-refractivity contribution is -0.123. The van der Waals surface area contributed by atoms with E-state index in [4.69, 9.17) is 21.1 Å². The third-order valence-corrected chi connectivity index (χ3v) is 4.99. The van der Waals surface area contributed by atoms with Gasteiger partial charge in [-0.15, -0.1) is 11.3 Å². The Balaban J connectivity index is 1.61. The van der Waals surface area contributed by atoms with Crippen LogP contribution in [-0.4, -0.2) is 30.1 Å². The highest BCUT2D eigenvalue weighted by Gasteiger charge is 2.21. The molecule has 0 saturated carbocycles. The summed E-state index contributed by atoms with van der Waals surface area (Å²) in [6.45, 7) is 1.49. The Kier molecular flexibility index (Phi) is 6.28. The summed E-state index contributed by atoms with van der Waals surface area (Å²) in [6, 6.07) is 14.3. The Labute approximate surface area is 171 Å². The van der Waals surface area contributed by atoms with Gasteiger partial charge in [0.2, 0.25) is 0 Å². The number of benzene rings is 2. The lowest BCUT2D eigenvalue weighted by Gasteiger charge is -2.13. The first kappa shape index (κ1) is 19.9. The number of hydrogen-bond acceptors (Lipinski definition) is 6. The molecule has 0 radical (unpaired) electrons. The number of carbonyl (C=O) groups is 2. The number of anilines is 1. The lowest BCUT2D eigenvalue weighted by Crippen LogP contribution is -2.30. The number of amides is 1. The predicted octanol–water partition coefficient (Wildman–Crippen LogP) is 4.66. The number of esters is 1. The quantitative estimate of drug-likeness (QED) is 0.591. The Morgan fingerprint density at radius 3 is 2.61 bits per heavy atom. The van der Waals surface area contributed by atoms with E-state index in [9.17, 15) is 9.59 Å². The number of nitrogens with one attached hydrogen (secondary N) is 1. The third-order valence-electron chi connectivity index (χ3n) is 3.81. The zero-order valence-corrected chi connectivity index (χ0v) is 16.7. The van der Waals surface area contributed by atoms with Crippen molar-refractivity contribution in [3.05, 3.63) is 64.6 Å². The van der Waals surface area contributed by atoms with Crippen molar-refractivity contribution < 1.29 is 19.1 Å². The van der Waals surface area contributed by atoms with Gasteiger partial charge < -0.3 is 14.8 Å². The molecule has 1 amide bonds. The van der Waals surface area contributed by atoms with E-state index < -0.39 is 18.0 Å². The van der Waals surface area contributed by atoms with Gasteiger partial charge in [0.25, 0.3) is 5.91 Å². The highest BCUT2D eigenvalue weighted by molar-refractivity contribution is 7.13. The molecule has 0 saturated heterocycles. The molecule has 1 aromatic heterocycles. The summed E-state index contributed by atoms with van der Waals surface area (Å²) >= 11 is 7.38. The fourth-order valence-corrected chi connectivity index (χ4v) is 3.40. The van der Waals surface area contributed by atoms with Crippen LogP contribution in [0.1, 0.15) is 17.4 Å². The Bertz CT molecular complexity index is 991. The van der Waals surface area contributed by atoms with Crippen molar-refractivity contribution in [3.63, 3.8) is 0 Å². The molecule has 3 aromatic rings. The van der Waals surface area contributed by atoms with Gasteiger partial charge in [-0.3, -0.25) is 4.79 Å². The van der Waals surface area contributed by atoms with Crippen LogP contribution in [0.4, 0.5) is 5.69 Å². The average molecular weight is 417 g/mol. The van der Waals surface area contributed by atoms with Gasteiger partial charge in [0.15, 0.2) is 11.8 Å². The van der Waals surface area contributed by atoms with Crippen molar-refractivity contribution in [1.82, 2.24) is 4.98 Å². The van der Waals surface area contributed by atoms with Crippen molar-refractivity contribution in [2.24, 2.45) is 0 Å². The number of halogens is 1. The summed E-state index contributed by atoms with van der Waals surface area (Å²) in [4.78, 5) is 28.9. The highest BCUT2D eigenvalue weighted by atomic mass is 35.5. The van der Waals surface area contributed by atoms with Crippen LogP contribution in [0, 0.1) is 0 Å². The maximum absolute atomic E-state index is 12.3. The largest absolute Gasteiger partial charge is 0.495 e. The van der Waals surface area contributed by atoms with E-state index in [1.807, 2.05) is 30.3 Å². The van der Waals surface area contributed by atoms with Crippen molar-refractivity contribution >= 4 is 40.5 Å². The maximum Gasteiger partial charge on any atom is 0.358 e. The van der Waals surface area contributed by atoms with E-state index in [2.05, 4.69) is 10.3 Å². The van der Waals surface area contributed by atoms with Gasteiger partial charge in [0.1, 0.15) is 10.8 Å². The second-order valence-electron chi connectivity index (χ2n) is 5.79. The minimum atomic E-state index is -1.00. The first-order valence-electron chi connectivity index (χ1n) is 8.34. The molecule has 1 heterocycles. The van der Waals surface area contributed by atoms with E-state index in [1.54, 1.807) is 23.6 Å². The van der Waals surface area contributed by atoms with E-state index in [0.717, 1.165) is 5.56 Å². The number of nitrogens with zero attached hydrogens (tertiary/aromatic N) is 1. The SMILES string of the molecule is COc1ccc(NC(=O)[C@H](C)OC(=O)c2csc(-c3ccccc3)n2)cc1Cl. The van der Waals surface area contributed by atoms with Crippen LogP contribution in [0.3, 0.4) is 0 Å². The minimum absolute atomic E-state index is 0.163. The number of aromatic nitrogens is 1. The van der Waals surface area contributed by atoms with Crippen molar-refractivity contribution in [2.45, 2.75) is 13.0 Å². The van der Waals surface area contributed by atoms with Crippen LogP contribution >= 0.6 is 22.9 Å². The Hall–Kier alpha value is -2.90. The van der Waals surface area contributed by atoms with E-state index in [-0.39, 0.29) is 5.69 Å². The predicted molar refractivity (Wildman–Crippen MR) is 109 cm³/mol. The molecule has 0 bridgehead atoms. The van der Waals surface area contributed by atoms with E-state index >= 15 is 0 Å². The molecule has 0 aliphatic heterocycles. The summed E-state index contributed by atoms with van der Waals surface area (Å²) in [6.07, 6.45) is -1.00. The Morgan fingerprint density at radius 2 is 1.93 bits per heavy atom. The molecule has 28 heavy (non-hydrogen) atoms. The summed E-state index contributed by atoms with van der Waals surface area (Å²) in [5.41, 5.74) is 1.54. The summed E-state index contributed by atoms with van der Waals surface area (Å²) < 4.78 is 10.3. The molecule has 0 spiro atoms. The molecule has 2 aromatic carbocycles. The molecule has 1 atom stereocenters. The molecule has 6 nitrogen and oxygen atoms in total. The number of thiazole rings is 1. The number of rotatable bonds is 6. The number of methoxy groups -OCH3 is 1. The average Bonchev–Trinajstić information content (AvgIpc) is 3.19. The van der Waals surface area contributed by atoms with Gasteiger partial charge in [-0.05, 0) is 25.1 Å². The van der Waals surface area contributed by atoms with Gasteiger partial charge in [0, 0.05) is 16.6 Å². The first-order chi connectivity index (χ1) is 13.5. The van der Waals surface area contributed by atoms with Gasteiger partial charge in [-0.2, -0.15) is 0 Å². The molecule has 0 fully saturated rings. The lowest BCUT2D eigenvalue weighted by atomic mass is 10.2. The zero-order valence-electron chi connectivity index (χ0n) is 15.1. The Morgan fingerprint density at radius 1 is 1.18 bits per heavy atom. The summed E-state index contributed by atoms with van der Waals surface area (Å²) in [7, 11) is 1.50. The van der Waals surface area contributed by atoms with Crippen molar-refractivity contribution in [3.8, 4) is 16.3 Å². The van der Waals surface area contributed by atoms with Crippen LogP contribution in [0.25, 0.3) is 10.6 Å². The standard InChI is InChI=1S/C20H17ClN2O4S/c1-12(18(24)22-14-8-9-17(26-2)15(21)10-14)27-20(25)16-11-28-19(23-16)13-6-4-3-5-7-13/h3-12H,1-2H3,(H,22,24)/t12-/m0/s1. The van der Waals surface area contributed by atoms with Gasteiger partial charge >= 0.3 is 5.97 Å². The fourth-order valence-electron chi connectivity index (χ4n) is 2.34. The molecule has 1 N–H and O–H groups in total. The van der Waals surface area contributed by atoms with E-state index in [1.165, 1.54) is 25.4 Å². The van der Waals surface area contributed by atoms with Crippen molar-refractivity contribution in [1.29, 1.82) is 0 Å². The van der Waals surface area contributed by atoms with Crippen LogP contribution in [0.2, 0.25) is 5.02 Å². The fraction of sp³-hybridized carbons (Fsp3) is 0.150. The topological polar surface area (TPSA) is 77.5 Å². The highest BCUT2D eigenvalue weighted by Crippen LogP contribution is 2.27. The number of ether oxygens (including phenoxy) is 2. The molecule has 0 unspecified atom stereocenters.